The van der Waals surface area contributed by atoms with Gasteiger partial charge in [0.1, 0.15) is 30.0 Å². The summed E-state index contributed by atoms with van der Waals surface area (Å²) in [6, 6.07) is 18.2. The number of thiocarbonyl (C=S) groups is 1. The van der Waals surface area contributed by atoms with Crippen LogP contribution in [-0.2, 0) is 62.2 Å². The number of cyclic esters (lactones) is 1. The van der Waals surface area contributed by atoms with Gasteiger partial charge in [0.25, 0.3) is 5.56 Å². The Morgan fingerprint density at radius 2 is 1.62 bits per heavy atom. The third-order valence-electron chi connectivity index (χ3n) is 15.8. The first-order chi connectivity index (χ1) is 42.1. The van der Waals surface area contributed by atoms with Gasteiger partial charge in [-0.1, -0.05) is 77.4 Å². The molecule has 88 heavy (non-hydrogen) atoms. The molecule has 26 heteroatoms. The van der Waals surface area contributed by atoms with Gasteiger partial charge in [0, 0.05) is 52.4 Å². The highest BCUT2D eigenvalue weighted by molar-refractivity contribution is 7.93. The molecule has 5 aromatic rings. The number of nitrogens with zero attached hydrogens (tertiary/aromatic N) is 3. The van der Waals surface area contributed by atoms with E-state index in [-0.39, 0.29) is 54.5 Å². The van der Waals surface area contributed by atoms with Gasteiger partial charge in [-0.05, 0) is 129 Å². The second-order valence-electron chi connectivity index (χ2n) is 22.3. The molecule has 6 amide bonds. The molecule has 6 atom stereocenters. The zero-order valence-corrected chi connectivity index (χ0v) is 50.9. The molecule has 3 aromatic carbocycles. The van der Waals surface area contributed by atoms with Gasteiger partial charge >= 0.3 is 30.0 Å². The number of anilines is 3. The molecule has 464 valence electrons. The van der Waals surface area contributed by atoms with E-state index < -0.39 is 105 Å². The molecular weight excluding hydrogens is 1170 g/mol. The van der Waals surface area contributed by atoms with Crippen LogP contribution in [0.3, 0.4) is 0 Å². The van der Waals surface area contributed by atoms with Gasteiger partial charge in [-0.3, -0.25) is 23.9 Å². The van der Waals surface area contributed by atoms with Gasteiger partial charge in [-0.15, -0.1) is 0 Å². The number of rotatable bonds is 22. The number of likely N-dealkylation sites (tertiary alicyclic amines) is 1. The number of para-hydroxylation sites is 1. The number of sulfonamides is 1. The highest BCUT2D eigenvalue weighted by Gasteiger charge is 2.52. The molecule has 0 spiro atoms. The molecule has 0 radical (unpaired) electrons. The molecule has 1 fully saturated rings. The number of amides is 6. The van der Waals surface area contributed by atoms with E-state index in [1.807, 2.05) is 44.2 Å². The zero-order chi connectivity index (χ0) is 63.0. The summed E-state index contributed by atoms with van der Waals surface area (Å²) in [5.41, 5.74) is 2.08. The molecule has 5 heterocycles. The molecule has 1 aliphatic carbocycles. The number of ether oxygens (including phenoxy) is 2. The molecule has 0 bridgehead atoms. The first kappa shape index (κ1) is 63.3. The number of urea groups is 2. The van der Waals surface area contributed by atoms with Crippen LogP contribution >= 0.6 is 12.2 Å². The highest BCUT2D eigenvalue weighted by Crippen LogP contribution is 2.41. The second kappa shape index (κ2) is 27.3. The summed E-state index contributed by atoms with van der Waals surface area (Å²) in [6.07, 6.45) is 6.60. The largest absolute Gasteiger partial charge is 0.481 e. The third-order valence-corrected chi connectivity index (χ3v) is 17.6. The van der Waals surface area contributed by atoms with Crippen LogP contribution in [0.2, 0.25) is 0 Å². The average Bonchev–Trinajstić information content (AvgIpc) is 1.39. The fourth-order valence-electron chi connectivity index (χ4n) is 11.3. The Kier molecular flexibility index (Phi) is 19.6. The first-order valence-corrected chi connectivity index (χ1v) is 31.3. The molecule has 9 rings (SSSR count). The lowest BCUT2D eigenvalue weighted by Gasteiger charge is -2.37. The molecule has 9 N–H and O–H groups in total. The molecule has 2 unspecified atom stereocenters. The number of fused-ring (bicyclic) bond motifs is 5. The maximum atomic E-state index is 14.5. The van der Waals surface area contributed by atoms with Crippen LogP contribution in [0, 0.1) is 5.92 Å². The van der Waals surface area contributed by atoms with Crippen LogP contribution in [0.5, 0.6) is 0 Å². The lowest BCUT2D eigenvalue weighted by Crippen LogP contribution is -2.57. The normalized spacial score (nSPS) is 18.5. The number of benzene rings is 3. The van der Waals surface area contributed by atoms with Crippen LogP contribution in [-0.4, -0.2) is 111 Å². The lowest BCUT2D eigenvalue weighted by atomic mass is 9.85. The molecule has 3 aliphatic heterocycles. The standard InChI is InChI=1S/C62H71N11O13S2/c1-6-14-47(69-61(87)66-40-24-22-39(23-25-40)64-60(82)68-48(32-51(74)75)37-16-11-18-42(29-37)71-88(83,84)43-19-12-17-41(30-43)65-59(81)63-26-7-2)56(78)72-27-13-21-49(72)54(76)70-52(35(4)5)57(79)86-62(8-3)45-31-50-53-38(28-36-15-9-10-20-46(36)67-53)33-73(50)55(77)44(45)34-85-58(62)80/h9-12,15-18,20,22-25,28-31,35,43,47-49,52,71H,6-8,13-14,19,21,26-27,32-34H2,1-5H3,(H,70,76)(H,74,75)(H2,63,65,81)(H2,64,68,82)(H2,66,69,87)/t43?,47-,48?,49-,52-,62-/m0/s1. The Morgan fingerprint density at radius 1 is 0.875 bits per heavy atom. The number of carboxylic acids is 1. The van der Waals surface area contributed by atoms with Crippen molar-refractivity contribution >= 4 is 97.1 Å². The Morgan fingerprint density at radius 3 is 2.34 bits per heavy atom. The number of hydrogen-bond donors (Lipinski definition) is 9. The molecule has 4 aliphatic rings. The summed E-state index contributed by atoms with van der Waals surface area (Å²) >= 11 is 5.67. The minimum atomic E-state index is -4.05. The smallest absolute Gasteiger partial charge is 0.355 e. The van der Waals surface area contributed by atoms with E-state index in [4.69, 9.17) is 26.7 Å². The van der Waals surface area contributed by atoms with Crippen LogP contribution < -0.4 is 47.5 Å². The number of carbonyl (C=O) groups is 7. The fraction of sp³-hybridized carbons (Fsp3) is 0.387. The Hall–Kier alpha value is -9.17. The zero-order valence-electron chi connectivity index (χ0n) is 49.3. The first-order valence-electron chi connectivity index (χ1n) is 29.3. The number of carbonyl (C=O) groups excluding carboxylic acids is 6. The van der Waals surface area contributed by atoms with Crippen molar-refractivity contribution in [1.29, 1.82) is 0 Å². The quantitative estimate of drug-likeness (QED) is 0.0246. The van der Waals surface area contributed by atoms with Crippen molar-refractivity contribution in [3.05, 3.63) is 141 Å². The van der Waals surface area contributed by atoms with Gasteiger partial charge in [0.2, 0.25) is 27.4 Å². The van der Waals surface area contributed by atoms with E-state index in [9.17, 15) is 51.9 Å². The van der Waals surface area contributed by atoms with Crippen LogP contribution in [0.1, 0.15) is 114 Å². The van der Waals surface area contributed by atoms with Crippen molar-refractivity contribution in [2.45, 2.75) is 134 Å². The van der Waals surface area contributed by atoms with Crippen molar-refractivity contribution in [1.82, 2.24) is 41.0 Å². The molecule has 24 nitrogen and oxygen atoms in total. The van der Waals surface area contributed by atoms with Crippen LogP contribution in [0.4, 0.5) is 26.7 Å². The SMILES string of the molecule is CCCNC(=O)NC1=CC(S(=O)(=O)Nc2cccc(C(CC(=O)O)NC(=O)Nc3ccc(NC(=S)N[C@@H](CCC)C(=O)N4CCC[C@H]4C(=O)N[C@H](C(=O)O[C@]4(CC)C(=O)OCc5c4cc4n(c5=O)Cc5cc6ccccc6nc5-4)C(C)C)cc3)c2)CC=C1. The summed E-state index contributed by atoms with van der Waals surface area (Å²) < 4.78 is 42.9. The number of esters is 2. The summed E-state index contributed by atoms with van der Waals surface area (Å²) in [4.78, 5) is 115. The molecule has 2 aromatic heterocycles. The Balaban J connectivity index is 0.800. The van der Waals surface area contributed by atoms with Gasteiger partial charge < -0.3 is 61.3 Å². The lowest BCUT2D eigenvalue weighted by molar-refractivity contribution is -0.191. The van der Waals surface area contributed by atoms with E-state index in [2.05, 4.69) is 41.9 Å². The minimum absolute atomic E-state index is 0.0865. The van der Waals surface area contributed by atoms with E-state index in [1.165, 1.54) is 29.2 Å². The van der Waals surface area contributed by atoms with Gasteiger partial charge in [-0.25, -0.2) is 32.6 Å². The van der Waals surface area contributed by atoms with Crippen LogP contribution in [0.25, 0.3) is 22.3 Å². The van der Waals surface area contributed by atoms with Crippen molar-refractivity contribution < 1.29 is 56.6 Å². The van der Waals surface area contributed by atoms with E-state index in [0.29, 0.717) is 66.3 Å². The average molecular weight is 1240 g/mol. The number of hydrogen-bond acceptors (Lipinski definition) is 14. The summed E-state index contributed by atoms with van der Waals surface area (Å²) in [7, 11) is -4.05. The van der Waals surface area contributed by atoms with E-state index in [1.54, 1.807) is 73.9 Å². The van der Waals surface area contributed by atoms with Crippen molar-refractivity contribution in [3.63, 3.8) is 0 Å². The predicted octanol–water partition coefficient (Wildman–Crippen LogP) is 6.92. The number of nitrogens with one attached hydrogen (secondary N) is 8. The number of carboxylic acid groups (broad SMARTS) is 1. The monoisotopic (exact) mass is 1240 g/mol. The van der Waals surface area contributed by atoms with Gasteiger partial charge in [-0.2, -0.15) is 0 Å². The second-order valence-corrected chi connectivity index (χ2v) is 24.6. The van der Waals surface area contributed by atoms with E-state index >= 15 is 0 Å². The number of allylic oxidation sites excluding steroid dienone is 2. The highest BCUT2D eigenvalue weighted by atomic mass is 32.2. The Bertz CT molecular complexity index is 3810. The molecule has 1 saturated heterocycles. The number of aliphatic carboxylic acids is 1. The van der Waals surface area contributed by atoms with Crippen molar-refractivity contribution in [3.8, 4) is 11.4 Å². The summed E-state index contributed by atoms with van der Waals surface area (Å²) in [5, 5.41) is 29.4. The summed E-state index contributed by atoms with van der Waals surface area (Å²) in [6.45, 7) is 9.49. The van der Waals surface area contributed by atoms with Gasteiger partial charge in [0.15, 0.2) is 5.11 Å². The number of pyridine rings is 2. The predicted molar refractivity (Wildman–Crippen MR) is 333 cm³/mol. The maximum absolute atomic E-state index is 14.5. The van der Waals surface area contributed by atoms with Gasteiger partial charge in [0.05, 0.1) is 41.5 Å². The fourth-order valence-corrected chi connectivity index (χ4v) is 12.8. The maximum Gasteiger partial charge on any atom is 0.355 e. The Labute approximate surface area is 513 Å². The molecular formula is C62H71N11O13S2. The third kappa shape index (κ3) is 14.1. The molecule has 0 saturated carbocycles. The van der Waals surface area contributed by atoms with E-state index in [0.717, 1.165) is 22.9 Å². The van der Waals surface area contributed by atoms with Crippen molar-refractivity contribution in [2.24, 2.45) is 5.92 Å². The number of aromatic nitrogens is 2. The van der Waals surface area contributed by atoms with Crippen LogP contribution in [0.15, 0.2) is 114 Å². The minimum Gasteiger partial charge on any atom is -0.481 e. The summed E-state index contributed by atoms with van der Waals surface area (Å²) in [5.74, 6) is -4.55. The van der Waals surface area contributed by atoms with Crippen molar-refractivity contribution in [2.75, 3.05) is 28.4 Å². The topological polar surface area (TPSA) is 327 Å².